The summed E-state index contributed by atoms with van der Waals surface area (Å²) in [5.41, 5.74) is 2.01. The first-order valence-corrected chi connectivity index (χ1v) is 6.83. The summed E-state index contributed by atoms with van der Waals surface area (Å²) < 4.78 is 2.84. The van der Waals surface area contributed by atoms with Crippen LogP contribution in [0.15, 0.2) is 29.1 Å². The summed E-state index contributed by atoms with van der Waals surface area (Å²) >= 11 is 9.66. The third kappa shape index (κ3) is 2.58. The average Bonchev–Trinajstić information content (AvgIpc) is 2.72. The number of hydrogen-bond acceptors (Lipinski definition) is 3. The SMILES string of the molecule is CCn1ncc(Cl)c1C(NC)c1cncc(Br)c1. The second-order valence-electron chi connectivity index (χ2n) is 3.85. The van der Waals surface area contributed by atoms with Crippen LogP contribution in [0.2, 0.25) is 5.02 Å². The Balaban J connectivity index is 2.48. The van der Waals surface area contributed by atoms with Crippen LogP contribution in [-0.4, -0.2) is 21.8 Å². The van der Waals surface area contributed by atoms with Gasteiger partial charge in [-0.2, -0.15) is 5.10 Å². The van der Waals surface area contributed by atoms with E-state index in [0.29, 0.717) is 5.02 Å². The molecule has 0 aliphatic rings. The maximum atomic E-state index is 6.23. The topological polar surface area (TPSA) is 42.7 Å². The second-order valence-corrected chi connectivity index (χ2v) is 5.17. The molecule has 96 valence electrons. The van der Waals surface area contributed by atoms with E-state index < -0.39 is 0 Å². The molecule has 4 nitrogen and oxygen atoms in total. The monoisotopic (exact) mass is 328 g/mol. The Hall–Kier alpha value is -0.910. The molecule has 0 aromatic carbocycles. The molecular weight excluding hydrogens is 316 g/mol. The van der Waals surface area contributed by atoms with Crippen LogP contribution in [0.1, 0.15) is 24.2 Å². The van der Waals surface area contributed by atoms with Crippen molar-refractivity contribution in [3.63, 3.8) is 0 Å². The van der Waals surface area contributed by atoms with Gasteiger partial charge in [-0.15, -0.1) is 0 Å². The van der Waals surface area contributed by atoms with Crippen LogP contribution >= 0.6 is 27.5 Å². The van der Waals surface area contributed by atoms with Crippen LogP contribution in [0.5, 0.6) is 0 Å². The zero-order valence-electron chi connectivity index (χ0n) is 10.2. The Morgan fingerprint density at radius 3 is 2.83 bits per heavy atom. The van der Waals surface area contributed by atoms with Crippen LogP contribution in [-0.2, 0) is 6.54 Å². The van der Waals surface area contributed by atoms with E-state index in [0.717, 1.165) is 22.3 Å². The molecule has 0 fully saturated rings. The molecule has 0 saturated heterocycles. The number of pyridine rings is 1. The van der Waals surface area contributed by atoms with Gasteiger partial charge < -0.3 is 5.32 Å². The minimum Gasteiger partial charge on any atom is -0.308 e. The number of rotatable bonds is 4. The third-order valence-corrected chi connectivity index (χ3v) is 3.48. The molecule has 2 rings (SSSR count). The van der Waals surface area contributed by atoms with Gasteiger partial charge in [-0.25, -0.2) is 0 Å². The van der Waals surface area contributed by atoms with E-state index in [2.05, 4.69) is 31.3 Å². The maximum Gasteiger partial charge on any atom is 0.0837 e. The number of halogens is 2. The standard InChI is InChI=1S/C12H14BrClN4/c1-3-18-12(10(14)7-17-18)11(15-2)8-4-9(13)6-16-5-8/h4-7,11,15H,3H2,1-2H3. The van der Waals surface area contributed by atoms with Crippen molar-refractivity contribution in [3.05, 3.63) is 45.4 Å². The number of nitrogens with zero attached hydrogens (tertiary/aromatic N) is 3. The van der Waals surface area contributed by atoms with E-state index in [1.165, 1.54) is 0 Å². The highest BCUT2D eigenvalue weighted by molar-refractivity contribution is 9.10. The number of hydrogen-bond donors (Lipinski definition) is 1. The molecule has 2 heterocycles. The fraction of sp³-hybridized carbons (Fsp3) is 0.333. The highest BCUT2D eigenvalue weighted by Crippen LogP contribution is 2.28. The van der Waals surface area contributed by atoms with Gasteiger partial charge in [0.05, 0.1) is 23.0 Å². The summed E-state index contributed by atoms with van der Waals surface area (Å²) in [5.74, 6) is 0. The van der Waals surface area contributed by atoms with Crippen LogP contribution in [0, 0.1) is 0 Å². The zero-order chi connectivity index (χ0) is 13.1. The quantitative estimate of drug-likeness (QED) is 0.937. The highest BCUT2D eigenvalue weighted by atomic mass is 79.9. The van der Waals surface area contributed by atoms with E-state index >= 15 is 0 Å². The summed E-state index contributed by atoms with van der Waals surface area (Å²) in [4.78, 5) is 4.19. The van der Waals surface area contributed by atoms with Crippen molar-refractivity contribution in [2.45, 2.75) is 19.5 Å². The Bertz CT molecular complexity index is 541. The van der Waals surface area contributed by atoms with Crippen molar-refractivity contribution in [2.75, 3.05) is 7.05 Å². The lowest BCUT2D eigenvalue weighted by Gasteiger charge is -2.18. The summed E-state index contributed by atoms with van der Waals surface area (Å²) in [7, 11) is 1.90. The van der Waals surface area contributed by atoms with Crippen LogP contribution in [0.4, 0.5) is 0 Å². The number of aryl methyl sites for hydroxylation is 1. The molecule has 1 unspecified atom stereocenters. The van der Waals surface area contributed by atoms with Gasteiger partial charge >= 0.3 is 0 Å². The van der Waals surface area contributed by atoms with Crippen molar-refractivity contribution >= 4 is 27.5 Å². The molecule has 0 aliphatic heterocycles. The van der Waals surface area contributed by atoms with Gasteiger partial charge in [0.2, 0.25) is 0 Å². The van der Waals surface area contributed by atoms with Crippen LogP contribution in [0.3, 0.4) is 0 Å². The lowest BCUT2D eigenvalue weighted by Crippen LogP contribution is -2.22. The normalized spacial score (nSPS) is 12.7. The van der Waals surface area contributed by atoms with Crippen molar-refractivity contribution in [3.8, 4) is 0 Å². The molecule has 0 bridgehead atoms. The van der Waals surface area contributed by atoms with Gasteiger partial charge in [-0.1, -0.05) is 11.6 Å². The molecule has 0 radical (unpaired) electrons. The minimum absolute atomic E-state index is 0.0232. The zero-order valence-corrected chi connectivity index (χ0v) is 12.5. The molecule has 2 aromatic rings. The van der Waals surface area contributed by atoms with Crippen molar-refractivity contribution < 1.29 is 0 Å². The molecular formula is C12H14BrClN4. The Kier molecular flexibility index (Phi) is 4.37. The third-order valence-electron chi connectivity index (χ3n) is 2.75. The second kappa shape index (κ2) is 5.82. The maximum absolute atomic E-state index is 6.23. The Morgan fingerprint density at radius 1 is 1.44 bits per heavy atom. The molecule has 1 N–H and O–H groups in total. The van der Waals surface area contributed by atoms with Gasteiger partial charge in [0.15, 0.2) is 0 Å². The predicted molar refractivity (Wildman–Crippen MR) is 75.8 cm³/mol. The molecule has 2 aromatic heterocycles. The first-order valence-electron chi connectivity index (χ1n) is 5.66. The predicted octanol–water partition coefficient (Wildman–Crippen LogP) is 3.02. The lowest BCUT2D eigenvalue weighted by atomic mass is 10.1. The van der Waals surface area contributed by atoms with Gasteiger partial charge in [0.25, 0.3) is 0 Å². The molecule has 0 saturated carbocycles. The fourth-order valence-corrected chi connectivity index (χ4v) is 2.59. The molecule has 0 spiro atoms. The largest absolute Gasteiger partial charge is 0.308 e. The molecule has 1 atom stereocenters. The van der Waals surface area contributed by atoms with E-state index in [-0.39, 0.29) is 6.04 Å². The van der Waals surface area contributed by atoms with Gasteiger partial charge in [0, 0.05) is 23.4 Å². The van der Waals surface area contributed by atoms with E-state index in [1.807, 2.05) is 30.9 Å². The van der Waals surface area contributed by atoms with E-state index in [9.17, 15) is 0 Å². The summed E-state index contributed by atoms with van der Waals surface area (Å²) in [6.07, 6.45) is 5.26. The van der Waals surface area contributed by atoms with Gasteiger partial charge in [-0.05, 0) is 41.5 Å². The molecule has 0 aliphatic carbocycles. The van der Waals surface area contributed by atoms with E-state index in [1.54, 1.807) is 12.4 Å². The van der Waals surface area contributed by atoms with Crippen LogP contribution < -0.4 is 5.32 Å². The number of nitrogens with one attached hydrogen (secondary N) is 1. The smallest absolute Gasteiger partial charge is 0.0837 e. The molecule has 0 amide bonds. The average molecular weight is 330 g/mol. The van der Waals surface area contributed by atoms with Gasteiger partial charge in [-0.3, -0.25) is 9.67 Å². The van der Waals surface area contributed by atoms with Crippen molar-refractivity contribution in [2.24, 2.45) is 0 Å². The first-order chi connectivity index (χ1) is 8.67. The number of aromatic nitrogens is 3. The summed E-state index contributed by atoms with van der Waals surface area (Å²) in [6.45, 7) is 2.82. The molecule has 6 heteroatoms. The summed E-state index contributed by atoms with van der Waals surface area (Å²) in [6, 6.07) is 2.00. The van der Waals surface area contributed by atoms with Crippen molar-refractivity contribution in [1.82, 2.24) is 20.1 Å². The molecule has 18 heavy (non-hydrogen) atoms. The Morgan fingerprint density at radius 2 is 2.22 bits per heavy atom. The highest BCUT2D eigenvalue weighted by Gasteiger charge is 2.20. The van der Waals surface area contributed by atoms with Crippen molar-refractivity contribution in [1.29, 1.82) is 0 Å². The van der Waals surface area contributed by atoms with E-state index in [4.69, 9.17) is 11.6 Å². The minimum atomic E-state index is -0.0232. The van der Waals surface area contributed by atoms with Gasteiger partial charge in [0.1, 0.15) is 0 Å². The lowest BCUT2D eigenvalue weighted by molar-refractivity contribution is 0.562. The summed E-state index contributed by atoms with van der Waals surface area (Å²) in [5, 5.41) is 8.18. The fourth-order valence-electron chi connectivity index (χ4n) is 1.96. The van der Waals surface area contributed by atoms with Crippen LogP contribution in [0.25, 0.3) is 0 Å². The Labute approximate surface area is 119 Å². The first kappa shape index (κ1) is 13.5.